The number of carboxylic acids is 1. The van der Waals surface area contributed by atoms with Gasteiger partial charge in [0.1, 0.15) is 6.54 Å². The van der Waals surface area contributed by atoms with Crippen LogP contribution in [0.2, 0.25) is 0 Å². The Hall–Kier alpha value is -2.87. The molecule has 8 heteroatoms. The molecule has 3 rings (SSSR count). The summed E-state index contributed by atoms with van der Waals surface area (Å²) in [6, 6.07) is 5.68. The summed E-state index contributed by atoms with van der Waals surface area (Å²) in [5.74, 6) is -1.80. The van der Waals surface area contributed by atoms with Gasteiger partial charge in [-0.15, -0.1) is 0 Å². The molecule has 1 N–H and O–H groups in total. The third kappa shape index (κ3) is 3.20. The molecule has 0 bridgehead atoms. The summed E-state index contributed by atoms with van der Waals surface area (Å²) in [6.45, 7) is 3.24. The summed E-state index contributed by atoms with van der Waals surface area (Å²) in [5.41, 5.74) is 3.63. The number of carbonyl (C=O) groups excluding carboxylic acids is 2. The number of aryl methyl sites for hydroxylation is 1. The molecule has 128 valence electrons. The maximum absolute atomic E-state index is 12.3. The number of aliphatic carboxylic acids is 1. The van der Waals surface area contributed by atoms with E-state index in [4.69, 9.17) is 5.11 Å². The maximum Gasteiger partial charge on any atom is 0.323 e. The molecule has 0 saturated carbocycles. The normalized spacial score (nSPS) is 16.1. The number of thioether (sulfide) groups is 1. The van der Waals surface area contributed by atoms with Crippen LogP contribution >= 0.6 is 11.8 Å². The standard InChI is InChI=1S/C17H15N3O4S/c1-10-7-12(11(2)20(10)13-3-5-18-6-4-13)8-14-16(23)19(9-15(21)22)17(24)25-14/h3-8H,9H2,1-2H3,(H,21,22)/b14-8+. The van der Waals surface area contributed by atoms with Crippen LogP contribution in [0.4, 0.5) is 4.79 Å². The average Bonchev–Trinajstić information content (AvgIpc) is 2.99. The number of rotatable bonds is 4. The van der Waals surface area contributed by atoms with Crippen molar-refractivity contribution >= 4 is 35.0 Å². The van der Waals surface area contributed by atoms with Gasteiger partial charge < -0.3 is 9.67 Å². The minimum atomic E-state index is -1.22. The van der Waals surface area contributed by atoms with Crippen LogP contribution in [0.25, 0.3) is 11.8 Å². The van der Waals surface area contributed by atoms with Crippen molar-refractivity contribution in [3.05, 3.63) is 52.4 Å². The van der Waals surface area contributed by atoms with E-state index < -0.39 is 23.7 Å². The Morgan fingerprint density at radius 2 is 1.96 bits per heavy atom. The lowest BCUT2D eigenvalue weighted by Crippen LogP contribution is -2.33. The molecule has 25 heavy (non-hydrogen) atoms. The van der Waals surface area contributed by atoms with Crippen LogP contribution in [0, 0.1) is 13.8 Å². The zero-order valence-electron chi connectivity index (χ0n) is 13.6. The minimum Gasteiger partial charge on any atom is -0.480 e. The SMILES string of the molecule is Cc1cc(/C=C2/SC(=O)N(CC(=O)O)C2=O)c(C)n1-c1ccncc1. The van der Waals surface area contributed by atoms with Crippen LogP contribution in [-0.2, 0) is 9.59 Å². The highest BCUT2D eigenvalue weighted by Gasteiger charge is 2.36. The monoisotopic (exact) mass is 357 g/mol. The Labute approximate surface area is 148 Å². The first kappa shape index (κ1) is 17.0. The van der Waals surface area contributed by atoms with E-state index in [-0.39, 0.29) is 4.91 Å². The molecular weight excluding hydrogens is 342 g/mol. The zero-order valence-corrected chi connectivity index (χ0v) is 14.4. The van der Waals surface area contributed by atoms with Crippen molar-refractivity contribution in [1.82, 2.24) is 14.5 Å². The molecule has 2 aromatic heterocycles. The third-order valence-electron chi connectivity index (χ3n) is 3.84. The van der Waals surface area contributed by atoms with Crippen molar-refractivity contribution in [2.24, 2.45) is 0 Å². The smallest absolute Gasteiger partial charge is 0.323 e. The second-order valence-corrected chi connectivity index (χ2v) is 6.52. The predicted octanol–water partition coefficient (Wildman–Crippen LogP) is 2.61. The molecule has 0 spiro atoms. The fourth-order valence-corrected chi connectivity index (χ4v) is 3.57. The lowest BCUT2D eigenvalue weighted by atomic mass is 10.2. The van der Waals surface area contributed by atoms with E-state index in [0.29, 0.717) is 0 Å². The zero-order chi connectivity index (χ0) is 18.1. The first-order valence-electron chi connectivity index (χ1n) is 7.45. The Bertz CT molecular complexity index is 902. The lowest BCUT2D eigenvalue weighted by molar-refractivity contribution is -0.140. The van der Waals surface area contributed by atoms with E-state index in [1.807, 2.05) is 36.6 Å². The van der Waals surface area contributed by atoms with Gasteiger partial charge >= 0.3 is 5.97 Å². The summed E-state index contributed by atoms with van der Waals surface area (Å²) in [6.07, 6.45) is 5.03. The summed E-state index contributed by atoms with van der Waals surface area (Å²) >= 11 is 0.754. The van der Waals surface area contributed by atoms with Gasteiger partial charge in [0.25, 0.3) is 11.1 Å². The van der Waals surface area contributed by atoms with E-state index in [0.717, 1.165) is 39.3 Å². The van der Waals surface area contributed by atoms with Gasteiger partial charge in [0.15, 0.2) is 0 Å². The molecule has 1 aliphatic heterocycles. The first-order valence-corrected chi connectivity index (χ1v) is 8.26. The molecule has 0 atom stereocenters. The summed E-state index contributed by atoms with van der Waals surface area (Å²) < 4.78 is 2.02. The molecule has 3 heterocycles. The summed E-state index contributed by atoms with van der Waals surface area (Å²) in [4.78, 5) is 39.9. The van der Waals surface area contributed by atoms with E-state index in [2.05, 4.69) is 4.98 Å². The first-order chi connectivity index (χ1) is 11.9. The second kappa shape index (κ2) is 6.56. The van der Waals surface area contributed by atoms with Gasteiger partial charge in [-0.25, -0.2) is 0 Å². The number of carboxylic acid groups (broad SMARTS) is 1. The summed E-state index contributed by atoms with van der Waals surface area (Å²) in [7, 11) is 0. The van der Waals surface area contributed by atoms with Crippen LogP contribution in [0.3, 0.4) is 0 Å². The van der Waals surface area contributed by atoms with Crippen LogP contribution < -0.4 is 0 Å². The van der Waals surface area contributed by atoms with Crippen molar-refractivity contribution in [2.75, 3.05) is 6.54 Å². The van der Waals surface area contributed by atoms with Gasteiger partial charge in [0, 0.05) is 29.5 Å². The van der Waals surface area contributed by atoms with E-state index in [1.165, 1.54) is 0 Å². The molecule has 2 amide bonds. The number of aromatic nitrogens is 2. The molecule has 0 aliphatic carbocycles. The molecular formula is C17H15N3O4S. The number of pyridine rings is 1. The molecule has 1 aliphatic rings. The van der Waals surface area contributed by atoms with Crippen LogP contribution in [-0.4, -0.2) is 43.2 Å². The number of hydrogen-bond donors (Lipinski definition) is 1. The van der Waals surface area contributed by atoms with Gasteiger partial charge in [0.05, 0.1) is 4.91 Å². The van der Waals surface area contributed by atoms with Crippen molar-refractivity contribution < 1.29 is 19.5 Å². The van der Waals surface area contributed by atoms with Crippen LogP contribution in [0.15, 0.2) is 35.5 Å². The van der Waals surface area contributed by atoms with Gasteiger partial charge in [-0.2, -0.15) is 0 Å². The molecule has 1 saturated heterocycles. The summed E-state index contributed by atoms with van der Waals surface area (Å²) in [5, 5.41) is 8.24. The quantitative estimate of drug-likeness (QED) is 0.846. The number of hydrogen-bond acceptors (Lipinski definition) is 5. The highest BCUT2D eigenvalue weighted by Crippen LogP contribution is 2.33. The molecule has 0 aromatic carbocycles. The van der Waals surface area contributed by atoms with Gasteiger partial charge in [0.2, 0.25) is 0 Å². The Morgan fingerprint density at radius 1 is 1.28 bits per heavy atom. The molecule has 7 nitrogen and oxygen atoms in total. The fourth-order valence-electron chi connectivity index (χ4n) is 2.74. The van der Waals surface area contributed by atoms with Crippen molar-refractivity contribution in [2.45, 2.75) is 13.8 Å². The van der Waals surface area contributed by atoms with E-state index >= 15 is 0 Å². The average molecular weight is 357 g/mol. The Morgan fingerprint density at radius 3 is 2.60 bits per heavy atom. The minimum absolute atomic E-state index is 0.223. The van der Waals surface area contributed by atoms with Gasteiger partial charge in [-0.1, -0.05) is 0 Å². The molecule has 2 aromatic rings. The second-order valence-electron chi connectivity index (χ2n) is 5.53. The van der Waals surface area contributed by atoms with E-state index in [1.54, 1.807) is 18.5 Å². The van der Waals surface area contributed by atoms with Crippen molar-refractivity contribution in [3.63, 3.8) is 0 Å². The lowest BCUT2D eigenvalue weighted by Gasteiger charge is -2.09. The van der Waals surface area contributed by atoms with Crippen molar-refractivity contribution in [3.8, 4) is 5.69 Å². The largest absolute Gasteiger partial charge is 0.480 e. The topological polar surface area (TPSA) is 92.5 Å². The van der Waals surface area contributed by atoms with E-state index in [9.17, 15) is 14.4 Å². The maximum atomic E-state index is 12.3. The van der Waals surface area contributed by atoms with Gasteiger partial charge in [-0.05, 0) is 55.4 Å². The highest BCUT2D eigenvalue weighted by molar-refractivity contribution is 8.18. The number of imide groups is 1. The van der Waals surface area contributed by atoms with Gasteiger partial charge in [-0.3, -0.25) is 24.3 Å². The number of nitrogens with zero attached hydrogens (tertiary/aromatic N) is 3. The predicted molar refractivity (Wildman–Crippen MR) is 93.4 cm³/mol. The van der Waals surface area contributed by atoms with Crippen LogP contribution in [0.5, 0.6) is 0 Å². The number of amides is 2. The molecule has 1 fully saturated rings. The Kier molecular flexibility index (Phi) is 4.45. The van der Waals surface area contributed by atoms with Crippen molar-refractivity contribution in [1.29, 1.82) is 0 Å². The molecule has 0 radical (unpaired) electrons. The highest BCUT2D eigenvalue weighted by atomic mass is 32.2. The Balaban J connectivity index is 1.97. The molecule has 0 unspecified atom stereocenters. The van der Waals surface area contributed by atoms with Crippen LogP contribution in [0.1, 0.15) is 17.0 Å². The third-order valence-corrected chi connectivity index (χ3v) is 4.75. The fraction of sp³-hybridized carbons (Fsp3) is 0.176. The number of carbonyl (C=O) groups is 3.